The van der Waals surface area contributed by atoms with Gasteiger partial charge >= 0.3 is 0 Å². The fraction of sp³-hybridized carbons (Fsp3) is 0.474. The topological polar surface area (TPSA) is 12.0 Å². The molecule has 1 aliphatic carbocycles. The van der Waals surface area contributed by atoms with Crippen molar-refractivity contribution in [2.24, 2.45) is 5.92 Å². The van der Waals surface area contributed by atoms with Gasteiger partial charge in [-0.1, -0.05) is 49.6 Å². The SMILES string of the molecule is Cc1ccsc1CNC(c1ccccc1)C1CCCCC1. The lowest BCUT2D eigenvalue weighted by Gasteiger charge is -2.31. The van der Waals surface area contributed by atoms with E-state index in [2.05, 4.69) is 54.0 Å². The standard InChI is InChI=1S/C19H25NS/c1-15-12-13-21-18(15)14-20-19(16-8-4-2-5-9-16)17-10-6-3-7-11-17/h2,4-5,8-9,12-13,17,19-20H,3,6-7,10-11,14H2,1H3. The molecule has 1 atom stereocenters. The van der Waals surface area contributed by atoms with Crippen LogP contribution in [0, 0.1) is 12.8 Å². The molecule has 0 saturated heterocycles. The molecule has 2 aromatic rings. The van der Waals surface area contributed by atoms with E-state index < -0.39 is 0 Å². The average Bonchev–Trinajstić information content (AvgIpc) is 2.95. The second kappa shape index (κ2) is 7.24. The maximum atomic E-state index is 3.86. The predicted molar refractivity (Wildman–Crippen MR) is 91.7 cm³/mol. The molecular weight excluding hydrogens is 274 g/mol. The highest BCUT2D eigenvalue weighted by atomic mass is 32.1. The number of aryl methyl sites for hydroxylation is 1. The van der Waals surface area contributed by atoms with E-state index in [-0.39, 0.29) is 0 Å². The molecule has 1 fully saturated rings. The van der Waals surface area contributed by atoms with Crippen molar-refractivity contribution >= 4 is 11.3 Å². The molecule has 3 rings (SSSR count). The van der Waals surface area contributed by atoms with Gasteiger partial charge in [-0.25, -0.2) is 0 Å². The highest BCUT2D eigenvalue weighted by molar-refractivity contribution is 7.10. The smallest absolute Gasteiger partial charge is 0.0351 e. The molecule has 0 amide bonds. The Kier molecular flexibility index (Phi) is 5.10. The molecule has 0 aliphatic heterocycles. The van der Waals surface area contributed by atoms with Gasteiger partial charge in [-0.3, -0.25) is 0 Å². The first kappa shape index (κ1) is 14.8. The van der Waals surface area contributed by atoms with Gasteiger partial charge in [0.2, 0.25) is 0 Å². The summed E-state index contributed by atoms with van der Waals surface area (Å²) < 4.78 is 0. The van der Waals surface area contributed by atoms with Gasteiger partial charge < -0.3 is 5.32 Å². The second-order valence-electron chi connectivity index (χ2n) is 6.19. The zero-order chi connectivity index (χ0) is 14.5. The van der Waals surface area contributed by atoms with Gasteiger partial charge in [0, 0.05) is 17.5 Å². The van der Waals surface area contributed by atoms with Crippen LogP contribution in [0.15, 0.2) is 41.8 Å². The van der Waals surface area contributed by atoms with E-state index in [1.54, 1.807) is 0 Å². The molecule has 1 unspecified atom stereocenters. The van der Waals surface area contributed by atoms with E-state index in [0.29, 0.717) is 6.04 Å². The molecule has 21 heavy (non-hydrogen) atoms. The van der Waals surface area contributed by atoms with Crippen LogP contribution in [0.2, 0.25) is 0 Å². The van der Waals surface area contributed by atoms with Crippen molar-refractivity contribution in [3.05, 3.63) is 57.8 Å². The van der Waals surface area contributed by atoms with Crippen molar-refractivity contribution in [1.82, 2.24) is 5.32 Å². The van der Waals surface area contributed by atoms with Crippen LogP contribution in [-0.4, -0.2) is 0 Å². The largest absolute Gasteiger partial charge is 0.305 e. The Morgan fingerprint density at radius 3 is 2.52 bits per heavy atom. The summed E-state index contributed by atoms with van der Waals surface area (Å²) in [6.07, 6.45) is 6.95. The lowest BCUT2D eigenvalue weighted by atomic mass is 9.81. The summed E-state index contributed by atoms with van der Waals surface area (Å²) in [5.74, 6) is 0.793. The molecule has 2 heteroatoms. The van der Waals surface area contributed by atoms with E-state index in [1.165, 1.54) is 48.1 Å². The third-order valence-corrected chi connectivity index (χ3v) is 5.75. The van der Waals surface area contributed by atoms with E-state index in [4.69, 9.17) is 0 Å². The van der Waals surface area contributed by atoms with Crippen molar-refractivity contribution in [1.29, 1.82) is 0 Å². The first-order valence-electron chi connectivity index (χ1n) is 8.16. The van der Waals surface area contributed by atoms with Crippen molar-refractivity contribution < 1.29 is 0 Å². The Labute approximate surface area is 132 Å². The lowest BCUT2D eigenvalue weighted by molar-refractivity contribution is 0.270. The fourth-order valence-electron chi connectivity index (χ4n) is 3.47. The average molecular weight is 299 g/mol. The van der Waals surface area contributed by atoms with Gasteiger partial charge in [0.15, 0.2) is 0 Å². The second-order valence-corrected chi connectivity index (χ2v) is 7.19. The molecule has 1 aliphatic rings. The molecule has 1 nitrogen and oxygen atoms in total. The summed E-state index contributed by atoms with van der Waals surface area (Å²) in [5, 5.41) is 6.06. The van der Waals surface area contributed by atoms with Gasteiger partial charge in [-0.2, -0.15) is 0 Å². The van der Waals surface area contributed by atoms with Gasteiger partial charge in [0.05, 0.1) is 0 Å². The zero-order valence-electron chi connectivity index (χ0n) is 12.8. The van der Waals surface area contributed by atoms with E-state index >= 15 is 0 Å². The molecule has 0 bridgehead atoms. The van der Waals surface area contributed by atoms with Crippen molar-refractivity contribution in [3.63, 3.8) is 0 Å². The van der Waals surface area contributed by atoms with Crippen LogP contribution in [-0.2, 0) is 6.54 Å². The van der Waals surface area contributed by atoms with Crippen LogP contribution in [0.25, 0.3) is 0 Å². The van der Waals surface area contributed by atoms with E-state index in [9.17, 15) is 0 Å². The monoisotopic (exact) mass is 299 g/mol. The van der Waals surface area contributed by atoms with Crippen molar-refractivity contribution in [3.8, 4) is 0 Å². The fourth-order valence-corrected chi connectivity index (χ4v) is 4.33. The van der Waals surface area contributed by atoms with E-state index in [1.807, 2.05) is 11.3 Å². The molecule has 1 heterocycles. The Bertz CT molecular complexity index is 540. The molecule has 1 aromatic carbocycles. The van der Waals surface area contributed by atoms with E-state index in [0.717, 1.165) is 12.5 Å². The molecule has 1 saturated carbocycles. The van der Waals surface area contributed by atoms with Crippen molar-refractivity contribution in [2.75, 3.05) is 0 Å². The normalized spacial score (nSPS) is 17.8. The third-order valence-electron chi connectivity index (χ3n) is 4.73. The zero-order valence-corrected chi connectivity index (χ0v) is 13.7. The number of rotatable bonds is 5. The molecule has 0 radical (unpaired) electrons. The highest BCUT2D eigenvalue weighted by Gasteiger charge is 2.24. The molecule has 112 valence electrons. The van der Waals surface area contributed by atoms with Gasteiger partial charge in [-0.15, -0.1) is 11.3 Å². The third kappa shape index (κ3) is 3.75. The van der Waals surface area contributed by atoms with Crippen LogP contribution in [0.3, 0.4) is 0 Å². The first-order chi connectivity index (χ1) is 10.3. The molecular formula is C19H25NS. The summed E-state index contributed by atoms with van der Waals surface area (Å²) in [7, 11) is 0. The van der Waals surface area contributed by atoms with Gasteiger partial charge in [0.1, 0.15) is 0 Å². The van der Waals surface area contributed by atoms with Crippen LogP contribution in [0.1, 0.15) is 54.1 Å². The molecule has 1 aromatic heterocycles. The maximum Gasteiger partial charge on any atom is 0.0351 e. The molecule has 1 N–H and O–H groups in total. The van der Waals surface area contributed by atoms with Crippen LogP contribution in [0.4, 0.5) is 0 Å². The summed E-state index contributed by atoms with van der Waals surface area (Å²) >= 11 is 1.87. The summed E-state index contributed by atoms with van der Waals surface area (Å²) in [4.78, 5) is 1.48. The number of hydrogen-bond donors (Lipinski definition) is 1. The van der Waals surface area contributed by atoms with Crippen LogP contribution < -0.4 is 5.32 Å². The maximum absolute atomic E-state index is 3.86. The first-order valence-corrected chi connectivity index (χ1v) is 9.04. The Hall–Kier alpha value is -1.12. The lowest BCUT2D eigenvalue weighted by Crippen LogP contribution is -2.29. The van der Waals surface area contributed by atoms with Gasteiger partial charge in [-0.05, 0) is 48.3 Å². The summed E-state index contributed by atoms with van der Waals surface area (Å²) in [6, 6.07) is 13.8. The Morgan fingerprint density at radius 1 is 1.10 bits per heavy atom. The number of hydrogen-bond acceptors (Lipinski definition) is 2. The number of benzene rings is 1. The minimum Gasteiger partial charge on any atom is -0.305 e. The predicted octanol–water partition coefficient (Wildman–Crippen LogP) is 5.47. The highest BCUT2D eigenvalue weighted by Crippen LogP contribution is 2.34. The minimum atomic E-state index is 0.507. The van der Waals surface area contributed by atoms with Crippen LogP contribution in [0.5, 0.6) is 0 Å². The minimum absolute atomic E-state index is 0.507. The number of nitrogens with one attached hydrogen (secondary N) is 1. The summed E-state index contributed by atoms with van der Waals surface area (Å²) in [6.45, 7) is 3.21. The Balaban J connectivity index is 1.74. The van der Waals surface area contributed by atoms with Gasteiger partial charge in [0.25, 0.3) is 0 Å². The number of thiophene rings is 1. The van der Waals surface area contributed by atoms with Crippen LogP contribution >= 0.6 is 11.3 Å². The van der Waals surface area contributed by atoms with Crippen molar-refractivity contribution in [2.45, 2.75) is 51.6 Å². The summed E-state index contributed by atoms with van der Waals surface area (Å²) in [5.41, 5.74) is 2.88. The quantitative estimate of drug-likeness (QED) is 0.772. The molecule has 0 spiro atoms. The Morgan fingerprint density at radius 2 is 1.86 bits per heavy atom.